The second-order valence-corrected chi connectivity index (χ2v) is 9.75. The van der Waals surface area contributed by atoms with Crippen molar-refractivity contribution in [3.63, 3.8) is 0 Å². The molecular weight excluding hydrogens is 332 g/mol. The molecule has 3 rings (SSSR count). The molecule has 23 heavy (non-hydrogen) atoms. The van der Waals surface area contributed by atoms with Gasteiger partial charge in [0.25, 0.3) is 0 Å². The van der Waals surface area contributed by atoms with Crippen molar-refractivity contribution in [3.8, 4) is 0 Å². The van der Waals surface area contributed by atoms with Crippen LogP contribution in [0.3, 0.4) is 0 Å². The molecule has 7 heteroatoms. The molecule has 1 aromatic carbocycles. The number of amides is 1. The number of benzene rings is 1. The first kappa shape index (κ1) is 16.5. The van der Waals surface area contributed by atoms with E-state index in [4.69, 9.17) is 0 Å². The van der Waals surface area contributed by atoms with Gasteiger partial charge in [0.05, 0.1) is 17.5 Å². The first-order chi connectivity index (χ1) is 10.9. The molecule has 0 N–H and O–H groups in total. The maximum atomic E-state index is 12.1. The summed E-state index contributed by atoms with van der Waals surface area (Å²) in [5, 5.41) is 0.581. The summed E-state index contributed by atoms with van der Waals surface area (Å²) < 4.78 is 23.9. The molecule has 0 spiro atoms. The lowest BCUT2D eigenvalue weighted by molar-refractivity contribution is -0.118. The molecule has 124 valence electrons. The van der Waals surface area contributed by atoms with Crippen LogP contribution in [-0.2, 0) is 14.6 Å². The van der Waals surface area contributed by atoms with Gasteiger partial charge in [0.2, 0.25) is 5.91 Å². The molecule has 2 aliphatic rings. The molecule has 2 aliphatic heterocycles. The van der Waals surface area contributed by atoms with Crippen LogP contribution in [0.5, 0.6) is 0 Å². The van der Waals surface area contributed by atoms with Crippen LogP contribution in [0.1, 0.15) is 20.3 Å². The first-order valence-electron chi connectivity index (χ1n) is 7.68. The minimum absolute atomic E-state index is 0.0502. The first-order valence-corrected chi connectivity index (χ1v) is 10.4. The number of anilines is 1. The minimum atomic E-state index is -3.02. The Morgan fingerprint density at radius 1 is 1.30 bits per heavy atom. The number of nitrogens with zero attached hydrogens (tertiary/aromatic N) is 2. The summed E-state index contributed by atoms with van der Waals surface area (Å²) in [4.78, 5) is 18.3. The predicted molar refractivity (Wildman–Crippen MR) is 94.6 cm³/mol. The van der Waals surface area contributed by atoms with Gasteiger partial charge in [-0.15, -0.1) is 0 Å². The van der Waals surface area contributed by atoms with Gasteiger partial charge in [-0.2, -0.15) is 4.99 Å². The third-order valence-corrected chi connectivity index (χ3v) is 7.11. The fourth-order valence-corrected chi connectivity index (χ4v) is 6.89. The van der Waals surface area contributed by atoms with Gasteiger partial charge in [-0.05, 0) is 18.1 Å². The average Bonchev–Trinajstić information content (AvgIpc) is 2.89. The number of hydrogen-bond acceptors (Lipinski definition) is 4. The third-order valence-electron chi connectivity index (χ3n) is 3.90. The van der Waals surface area contributed by atoms with Crippen molar-refractivity contribution in [3.05, 3.63) is 30.3 Å². The quantitative estimate of drug-likeness (QED) is 0.835. The average molecular weight is 352 g/mol. The maximum absolute atomic E-state index is 12.1. The van der Waals surface area contributed by atoms with Crippen LogP contribution in [0, 0.1) is 5.92 Å². The van der Waals surface area contributed by atoms with Crippen LogP contribution in [0.2, 0.25) is 0 Å². The number of amidine groups is 1. The standard InChI is InChI=1S/C16H20N2O3S2/c1-11(2)8-15(19)17-16-18(12-6-4-3-5-7-12)13-9-23(20,21)10-14(13)22-16/h3-7,11,13-14H,8-10H2,1-2H3/t13-,14-/m0/s1. The molecule has 5 nitrogen and oxygen atoms in total. The number of hydrogen-bond donors (Lipinski definition) is 0. The maximum Gasteiger partial charge on any atom is 0.248 e. The van der Waals surface area contributed by atoms with Crippen molar-refractivity contribution in [2.24, 2.45) is 10.9 Å². The Morgan fingerprint density at radius 3 is 2.65 bits per heavy atom. The van der Waals surface area contributed by atoms with E-state index in [1.165, 1.54) is 11.8 Å². The lowest BCUT2D eigenvalue weighted by Crippen LogP contribution is -2.37. The van der Waals surface area contributed by atoms with E-state index in [1.54, 1.807) is 0 Å². The smallest absolute Gasteiger partial charge is 0.248 e. The number of para-hydroxylation sites is 1. The number of thioether (sulfide) groups is 1. The summed E-state index contributed by atoms with van der Waals surface area (Å²) in [6, 6.07) is 9.44. The highest BCUT2D eigenvalue weighted by atomic mass is 32.2. The number of aliphatic imine (C=N–C) groups is 1. The monoisotopic (exact) mass is 352 g/mol. The Bertz CT molecular complexity index is 729. The molecule has 1 amide bonds. The molecule has 0 aliphatic carbocycles. The van der Waals surface area contributed by atoms with E-state index >= 15 is 0 Å². The van der Waals surface area contributed by atoms with Gasteiger partial charge in [0.15, 0.2) is 15.0 Å². The van der Waals surface area contributed by atoms with E-state index in [0.29, 0.717) is 11.6 Å². The van der Waals surface area contributed by atoms with E-state index in [1.807, 2.05) is 49.1 Å². The van der Waals surface area contributed by atoms with Crippen LogP contribution in [0.25, 0.3) is 0 Å². The second-order valence-electron chi connectivity index (χ2n) is 6.39. The van der Waals surface area contributed by atoms with Crippen molar-refractivity contribution < 1.29 is 13.2 Å². The van der Waals surface area contributed by atoms with Gasteiger partial charge >= 0.3 is 0 Å². The molecule has 2 fully saturated rings. The molecule has 0 unspecified atom stereocenters. The minimum Gasteiger partial charge on any atom is -0.316 e. The van der Waals surface area contributed by atoms with Gasteiger partial charge in [0.1, 0.15) is 0 Å². The molecular formula is C16H20N2O3S2. The molecule has 1 aromatic rings. The zero-order valence-electron chi connectivity index (χ0n) is 13.2. The van der Waals surface area contributed by atoms with Gasteiger partial charge in [-0.25, -0.2) is 8.42 Å². The van der Waals surface area contributed by atoms with E-state index in [2.05, 4.69) is 4.99 Å². The topological polar surface area (TPSA) is 66.8 Å². The van der Waals surface area contributed by atoms with E-state index in [-0.39, 0.29) is 34.6 Å². The highest BCUT2D eigenvalue weighted by Gasteiger charge is 2.49. The number of carbonyl (C=O) groups excluding carboxylic acids is 1. The Labute approximate surface area is 141 Å². The van der Waals surface area contributed by atoms with Crippen LogP contribution < -0.4 is 4.90 Å². The van der Waals surface area contributed by atoms with Crippen LogP contribution >= 0.6 is 11.8 Å². The van der Waals surface area contributed by atoms with E-state index in [0.717, 1.165) is 5.69 Å². The fraction of sp³-hybridized carbons (Fsp3) is 0.500. The van der Waals surface area contributed by atoms with E-state index in [9.17, 15) is 13.2 Å². The SMILES string of the molecule is CC(C)CC(=O)N=C1S[C@H]2CS(=O)(=O)C[C@@H]2N1c1ccccc1. The highest BCUT2D eigenvalue weighted by molar-refractivity contribution is 8.16. The second kappa shape index (κ2) is 6.28. The Hall–Kier alpha value is -1.34. The lowest BCUT2D eigenvalue weighted by Gasteiger charge is -2.24. The molecule has 0 aromatic heterocycles. The Balaban J connectivity index is 1.94. The molecule has 0 radical (unpaired) electrons. The molecule has 0 bridgehead atoms. The van der Waals surface area contributed by atoms with Crippen molar-refractivity contribution >= 4 is 38.4 Å². The summed E-state index contributed by atoms with van der Waals surface area (Å²) in [5.74, 6) is 0.384. The van der Waals surface area contributed by atoms with Gasteiger partial charge in [-0.1, -0.05) is 43.8 Å². The van der Waals surface area contributed by atoms with E-state index < -0.39 is 9.84 Å². The zero-order valence-corrected chi connectivity index (χ0v) is 14.8. The number of carbonyl (C=O) groups is 1. The molecule has 2 atom stereocenters. The van der Waals surface area contributed by atoms with Crippen molar-refractivity contribution in [1.82, 2.24) is 0 Å². The number of sulfone groups is 1. The molecule has 2 saturated heterocycles. The third kappa shape index (κ3) is 3.61. The number of rotatable bonds is 3. The van der Waals surface area contributed by atoms with Crippen LogP contribution in [0.15, 0.2) is 35.3 Å². The molecule has 2 heterocycles. The van der Waals surface area contributed by atoms with Crippen molar-refractivity contribution in [2.45, 2.75) is 31.6 Å². The van der Waals surface area contributed by atoms with Crippen molar-refractivity contribution in [2.75, 3.05) is 16.4 Å². The summed E-state index contributed by atoms with van der Waals surface area (Å²) in [7, 11) is -3.02. The Morgan fingerprint density at radius 2 is 2.00 bits per heavy atom. The van der Waals surface area contributed by atoms with Crippen LogP contribution in [-0.4, -0.2) is 42.3 Å². The summed E-state index contributed by atoms with van der Waals surface area (Å²) >= 11 is 1.42. The zero-order chi connectivity index (χ0) is 16.6. The lowest BCUT2D eigenvalue weighted by atomic mass is 10.1. The number of fused-ring (bicyclic) bond motifs is 1. The Kier molecular flexibility index (Phi) is 4.51. The summed E-state index contributed by atoms with van der Waals surface area (Å²) in [6.07, 6.45) is 0.403. The largest absolute Gasteiger partial charge is 0.316 e. The van der Waals surface area contributed by atoms with Gasteiger partial charge < -0.3 is 4.90 Å². The highest BCUT2D eigenvalue weighted by Crippen LogP contribution is 2.40. The predicted octanol–water partition coefficient (Wildman–Crippen LogP) is 2.33. The summed E-state index contributed by atoms with van der Waals surface area (Å²) in [5.41, 5.74) is 0.890. The molecule has 0 saturated carbocycles. The van der Waals surface area contributed by atoms with Gasteiger partial charge in [0, 0.05) is 17.4 Å². The van der Waals surface area contributed by atoms with Crippen LogP contribution in [0.4, 0.5) is 5.69 Å². The summed E-state index contributed by atoms with van der Waals surface area (Å²) in [6.45, 7) is 3.96. The van der Waals surface area contributed by atoms with Crippen molar-refractivity contribution in [1.29, 1.82) is 0 Å². The normalized spacial score (nSPS) is 27.6. The fourth-order valence-electron chi connectivity index (χ4n) is 2.96. The van der Waals surface area contributed by atoms with Gasteiger partial charge in [-0.3, -0.25) is 4.79 Å².